The highest BCUT2D eigenvalue weighted by Gasteiger charge is 2.16. The molecule has 0 bridgehead atoms. The molecule has 2 N–H and O–H groups in total. The van der Waals surface area contributed by atoms with Crippen molar-refractivity contribution in [1.29, 1.82) is 0 Å². The Kier molecular flexibility index (Phi) is 4.18. The Labute approximate surface area is 109 Å². The van der Waals surface area contributed by atoms with Gasteiger partial charge in [-0.3, -0.25) is 14.9 Å². The zero-order valence-electron chi connectivity index (χ0n) is 10.2. The van der Waals surface area contributed by atoms with E-state index in [1.165, 1.54) is 0 Å². The van der Waals surface area contributed by atoms with Crippen LogP contribution in [0.1, 0.15) is 0 Å². The molecular formula is C10H14N6O3. The predicted molar refractivity (Wildman–Crippen MR) is 66.6 cm³/mol. The summed E-state index contributed by atoms with van der Waals surface area (Å²) in [7, 11) is 0. The Hall–Kier alpha value is -2.29. The molecule has 0 unspecified atom stereocenters. The molecule has 1 aliphatic rings. The molecule has 0 aliphatic carbocycles. The van der Waals surface area contributed by atoms with Crippen molar-refractivity contribution in [3.05, 3.63) is 22.5 Å². The van der Waals surface area contributed by atoms with Gasteiger partial charge in [-0.25, -0.2) is 9.97 Å². The van der Waals surface area contributed by atoms with Gasteiger partial charge in [-0.05, 0) is 0 Å². The lowest BCUT2D eigenvalue weighted by molar-refractivity contribution is -0.385. The summed E-state index contributed by atoms with van der Waals surface area (Å²) in [5, 5.41) is 16.3. The summed E-state index contributed by atoms with van der Waals surface area (Å²) in [5.41, 5.74) is -0.181. The molecule has 1 saturated heterocycles. The van der Waals surface area contributed by atoms with Crippen molar-refractivity contribution >= 4 is 17.5 Å². The van der Waals surface area contributed by atoms with E-state index in [-0.39, 0.29) is 24.1 Å². The van der Waals surface area contributed by atoms with Crippen molar-refractivity contribution in [1.82, 2.24) is 20.2 Å². The van der Waals surface area contributed by atoms with Crippen LogP contribution in [0, 0.1) is 10.1 Å². The fourth-order valence-electron chi connectivity index (χ4n) is 1.69. The maximum Gasteiger partial charge on any atom is 0.305 e. The summed E-state index contributed by atoms with van der Waals surface area (Å²) < 4.78 is 0. The van der Waals surface area contributed by atoms with Gasteiger partial charge in [-0.15, -0.1) is 0 Å². The molecular weight excluding hydrogens is 252 g/mol. The van der Waals surface area contributed by atoms with Crippen molar-refractivity contribution < 1.29 is 9.72 Å². The highest BCUT2D eigenvalue weighted by molar-refractivity contribution is 5.80. The van der Waals surface area contributed by atoms with Gasteiger partial charge in [-0.2, -0.15) is 0 Å². The molecule has 0 aromatic carbocycles. The van der Waals surface area contributed by atoms with Gasteiger partial charge < -0.3 is 15.5 Å². The number of nitrogens with one attached hydrogen (secondary N) is 2. The number of carbonyl (C=O) groups is 1. The Morgan fingerprint density at radius 2 is 2.05 bits per heavy atom. The molecule has 9 heteroatoms. The molecule has 0 saturated carbocycles. The van der Waals surface area contributed by atoms with Crippen LogP contribution in [0.4, 0.5) is 11.6 Å². The fourth-order valence-corrected chi connectivity index (χ4v) is 1.69. The van der Waals surface area contributed by atoms with Crippen LogP contribution in [-0.4, -0.2) is 58.4 Å². The monoisotopic (exact) mass is 266 g/mol. The van der Waals surface area contributed by atoms with Gasteiger partial charge in [0.25, 0.3) is 0 Å². The third-order valence-corrected chi connectivity index (χ3v) is 2.72. The van der Waals surface area contributed by atoms with Gasteiger partial charge in [-0.1, -0.05) is 0 Å². The first-order valence-corrected chi connectivity index (χ1v) is 5.85. The van der Waals surface area contributed by atoms with E-state index in [2.05, 4.69) is 20.6 Å². The molecule has 1 fully saturated rings. The largest absolute Gasteiger partial charge is 0.345 e. The highest BCUT2D eigenvalue weighted by atomic mass is 16.6. The molecule has 0 spiro atoms. The standard InChI is InChI=1S/C10H14N6O3/c17-9(15-3-1-11-2-4-15)7-14-10-12-5-8(6-13-10)16(18)19/h5-6,11H,1-4,7H2,(H,12,13,14). The Morgan fingerprint density at radius 3 is 2.63 bits per heavy atom. The topological polar surface area (TPSA) is 113 Å². The summed E-state index contributed by atoms with van der Waals surface area (Å²) in [6.07, 6.45) is 2.20. The normalized spacial score (nSPS) is 15.1. The van der Waals surface area contributed by atoms with E-state index in [0.29, 0.717) is 13.1 Å². The van der Waals surface area contributed by atoms with Crippen molar-refractivity contribution in [3.8, 4) is 0 Å². The average molecular weight is 266 g/mol. The molecule has 2 rings (SSSR count). The van der Waals surface area contributed by atoms with E-state index in [4.69, 9.17) is 0 Å². The zero-order chi connectivity index (χ0) is 13.7. The van der Waals surface area contributed by atoms with E-state index in [1.54, 1.807) is 4.90 Å². The fraction of sp³-hybridized carbons (Fsp3) is 0.500. The number of hydrogen-bond acceptors (Lipinski definition) is 7. The third-order valence-electron chi connectivity index (χ3n) is 2.72. The first-order chi connectivity index (χ1) is 9.16. The summed E-state index contributed by atoms with van der Waals surface area (Å²) in [6, 6.07) is 0. The molecule has 19 heavy (non-hydrogen) atoms. The van der Waals surface area contributed by atoms with Gasteiger partial charge >= 0.3 is 5.69 Å². The van der Waals surface area contributed by atoms with Crippen LogP contribution >= 0.6 is 0 Å². The second-order valence-corrected chi connectivity index (χ2v) is 4.01. The van der Waals surface area contributed by atoms with Crippen LogP contribution in [0.2, 0.25) is 0 Å². The smallest absolute Gasteiger partial charge is 0.305 e. The van der Waals surface area contributed by atoms with Gasteiger partial charge in [0.15, 0.2) is 0 Å². The minimum atomic E-state index is -0.574. The van der Waals surface area contributed by atoms with Crippen LogP contribution in [0.5, 0.6) is 0 Å². The molecule has 2 heterocycles. The van der Waals surface area contributed by atoms with Crippen LogP contribution < -0.4 is 10.6 Å². The summed E-state index contributed by atoms with van der Waals surface area (Å²) in [4.78, 5) is 31.0. The summed E-state index contributed by atoms with van der Waals surface area (Å²) in [5.74, 6) is 0.164. The van der Waals surface area contributed by atoms with E-state index in [1.807, 2.05) is 0 Å². The van der Waals surface area contributed by atoms with Crippen LogP contribution in [-0.2, 0) is 4.79 Å². The molecule has 9 nitrogen and oxygen atoms in total. The molecule has 1 aromatic heterocycles. The van der Waals surface area contributed by atoms with Crippen LogP contribution in [0.25, 0.3) is 0 Å². The zero-order valence-corrected chi connectivity index (χ0v) is 10.2. The quantitative estimate of drug-likeness (QED) is 0.543. The number of nitrogens with zero attached hydrogens (tertiary/aromatic N) is 4. The minimum Gasteiger partial charge on any atom is -0.345 e. The molecule has 1 aliphatic heterocycles. The number of aromatic nitrogens is 2. The van der Waals surface area contributed by atoms with Crippen molar-refractivity contribution in [3.63, 3.8) is 0 Å². The van der Waals surface area contributed by atoms with E-state index < -0.39 is 4.92 Å². The molecule has 1 amide bonds. The lowest BCUT2D eigenvalue weighted by Gasteiger charge is -2.27. The number of carbonyl (C=O) groups excluding carboxylic acids is 1. The Morgan fingerprint density at radius 1 is 1.42 bits per heavy atom. The second-order valence-electron chi connectivity index (χ2n) is 4.01. The van der Waals surface area contributed by atoms with E-state index >= 15 is 0 Å². The summed E-state index contributed by atoms with van der Waals surface area (Å²) in [6.45, 7) is 3.03. The SMILES string of the molecule is O=C(CNc1ncc([N+](=O)[O-])cn1)N1CCNCC1. The first kappa shape index (κ1) is 13.1. The molecule has 102 valence electrons. The molecule has 0 radical (unpaired) electrons. The van der Waals surface area contributed by atoms with Crippen molar-refractivity contribution in [2.75, 3.05) is 38.0 Å². The lowest BCUT2D eigenvalue weighted by Crippen LogP contribution is -2.48. The number of nitro groups is 1. The van der Waals surface area contributed by atoms with Gasteiger partial charge in [0.05, 0.1) is 11.5 Å². The molecule has 1 aromatic rings. The van der Waals surface area contributed by atoms with Crippen LogP contribution in [0.3, 0.4) is 0 Å². The molecule has 0 atom stereocenters. The van der Waals surface area contributed by atoms with E-state index in [9.17, 15) is 14.9 Å². The Balaban J connectivity index is 1.84. The highest BCUT2D eigenvalue weighted by Crippen LogP contribution is 2.07. The van der Waals surface area contributed by atoms with Crippen molar-refractivity contribution in [2.45, 2.75) is 0 Å². The first-order valence-electron chi connectivity index (χ1n) is 5.85. The maximum absolute atomic E-state index is 11.8. The predicted octanol–water partition coefficient (Wildman–Crippen LogP) is -0.771. The summed E-state index contributed by atoms with van der Waals surface area (Å²) >= 11 is 0. The lowest BCUT2D eigenvalue weighted by atomic mass is 10.3. The number of hydrogen-bond donors (Lipinski definition) is 2. The van der Waals surface area contributed by atoms with E-state index in [0.717, 1.165) is 25.5 Å². The average Bonchev–Trinajstić information content (AvgIpc) is 2.46. The second kappa shape index (κ2) is 6.05. The number of rotatable bonds is 4. The van der Waals surface area contributed by atoms with Gasteiger partial charge in [0, 0.05) is 26.2 Å². The maximum atomic E-state index is 11.8. The number of amides is 1. The van der Waals surface area contributed by atoms with Gasteiger partial charge in [0.1, 0.15) is 12.4 Å². The van der Waals surface area contributed by atoms with Crippen molar-refractivity contribution in [2.24, 2.45) is 0 Å². The third kappa shape index (κ3) is 3.58. The number of piperazine rings is 1. The minimum absolute atomic E-state index is 0.0385. The van der Waals surface area contributed by atoms with Gasteiger partial charge in [0.2, 0.25) is 11.9 Å². The van der Waals surface area contributed by atoms with Crippen LogP contribution in [0.15, 0.2) is 12.4 Å². The number of anilines is 1. The Bertz CT molecular complexity index is 457.